The summed E-state index contributed by atoms with van der Waals surface area (Å²) in [5, 5.41) is 10.6. The van der Waals surface area contributed by atoms with E-state index in [1.165, 1.54) is 193 Å². The Morgan fingerprint density at radius 2 is 0.495 bits per heavy atom. The van der Waals surface area contributed by atoms with Gasteiger partial charge in [-0.1, -0.05) is 344 Å². The fourth-order valence-corrected chi connectivity index (χ4v) is 13.5. The van der Waals surface area contributed by atoms with Crippen LogP contribution in [0.3, 0.4) is 0 Å². The number of phosphoric ester groups is 2. The van der Waals surface area contributed by atoms with Crippen molar-refractivity contribution in [3.8, 4) is 0 Å². The first-order chi connectivity index (χ1) is 46.6. The summed E-state index contributed by atoms with van der Waals surface area (Å²) in [6, 6.07) is 0. The van der Waals surface area contributed by atoms with Crippen LogP contribution in [0.4, 0.5) is 0 Å². The third-order valence-electron chi connectivity index (χ3n) is 18.4. The third kappa shape index (κ3) is 70.9. The van der Waals surface area contributed by atoms with Gasteiger partial charge in [0.05, 0.1) is 26.4 Å². The average molecular weight is 1420 g/mol. The van der Waals surface area contributed by atoms with Crippen LogP contribution in [-0.4, -0.2) is 96.7 Å². The fraction of sp³-hybridized carbons (Fsp3) is 0.949. The van der Waals surface area contributed by atoms with E-state index in [0.717, 1.165) is 114 Å². The number of esters is 4. The summed E-state index contributed by atoms with van der Waals surface area (Å²) in [5.74, 6) is 0.965. The Morgan fingerprint density at radius 1 is 0.289 bits per heavy atom. The Labute approximate surface area is 594 Å². The van der Waals surface area contributed by atoms with Gasteiger partial charge < -0.3 is 33.8 Å². The van der Waals surface area contributed by atoms with Crippen LogP contribution < -0.4 is 0 Å². The standard InChI is InChI=1S/C78H152O17P2/c1-9-71(8)57-49-41-32-26-20-12-10-11-13-22-28-34-44-52-60-77(82)94-73(64-88-75(80)58-50-42-33-27-21-16-14-18-24-30-38-46-54-68(2)3)66-92-96(84,85)90-62-72(79)63-91-97(86,87)93-67-74(65-89-76(81)59-51-43-37-36-40-48-56-70(6)7)95-78(83)61-53-45-35-29-23-17-15-19-25-31-39-47-55-69(4)5/h68-74,79H,9-67H2,1-8H3,(H,84,85)(H,86,87)/t71?,72-,73-,74-/m1/s1. The summed E-state index contributed by atoms with van der Waals surface area (Å²) in [6.07, 6.45) is 52.8. The van der Waals surface area contributed by atoms with Crippen LogP contribution in [0.25, 0.3) is 0 Å². The van der Waals surface area contributed by atoms with E-state index in [1.807, 2.05) is 0 Å². The summed E-state index contributed by atoms with van der Waals surface area (Å²) in [4.78, 5) is 72.9. The lowest BCUT2D eigenvalue weighted by Crippen LogP contribution is -2.30. The molecular formula is C78H152O17P2. The molecule has 0 radical (unpaired) electrons. The zero-order valence-corrected chi connectivity index (χ0v) is 65.5. The Hall–Kier alpha value is -1.94. The van der Waals surface area contributed by atoms with Gasteiger partial charge in [0.2, 0.25) is 0 Å². The maximum absolute atomic E-state index is 13.1. The molecule has 3 unspecified atom stereocenters. The van der Waals surface area contributed by atoms with Crippen LogP contribution in [0, 0.1) is 23.7 Å². The Balaban J connectivity index is 5.24. The first kappa shape index (κ1) is 95.1. The molecule has 0 heterocycles. The zero-order chi connectivity index (χ0) is 71.7. The number of carbonyl (C=O) groups is 4. The predicted octanol–water partition coefficient (Wildman–Crippen LogP) is 22.8. The number of hydrogen-bond donors (Lipinski definition) is 3. The second-order valence-electron chi connectivity index (χ2n) is 29.8. The van der Waals surface area contributed by atoms with Gasteiger partial charge in [0.25, 0.3) is 0 Å². The van der Waals surface area contributed by atoms with Crippen LogP contribution >= 0.6 is 15.6 Å². The molecule has 0 aliphatic carbocycles. The van der Waals surface area contributed by atoms with E-state index in [9.17, 15) is 43.2 Å². The maximum Gasteiger partial charge on any atom is 0.472 e. The molecule has 3 N–H and O–H groups in total. The molecule has 0 saturated heterocycles. The van der Waals surface area contributed by atoms with Crippen LogP contribution in [0.15, 0.2) is 0 Å². The summed E-state index contributed by atoms with van der Waals surface area (Å²) in [5.41, 5.74) is 0. The zero-order valence-electron chi connectivity index (χ0n) is 63.7. The molecule has 0 aromatic carbocycles. The van der Waals surface area contributed by atoms with E-state index in [2.05, 4.69) is 55.4 Å². The highest BCUT2D eigenvalue weighted by atomic mass is 31.2. The largest absolute Gasteiger partial charge is 0.472 e. The van der Waals surface area contributed by atoms with E-state index in [0.29, 0.717) is 31.6 Å². The lowest BCUT2D eigenvalue weighted by molar-refractivity contribution is -0.161. The molecule has 0 aromatic rings. The molecule has 6 atom stereocenters. The Morgan fingerprint density at radius 3 is 0.732 bits per heavy atom. The summed E-state index contributed by atoms with van der Waals surface area (Å²) < 4.78 is 68.6. The molecule has 576 valence electrons. The highest BCUT2D eigenvalue weighted by Gasteiger charge is 2.30. The van der Waals surface area contributed by atoms with Crippen molar-refractivity contribution in [2.45, 2.75) is 414 Å². The molecule has 0 aromatic heterocycles. The molecule has 0 fully saturated rings. The van der Waals surface area contributed by atoms with Gasteiger partial charge >= 0.3 is 39.5 Å². The molecule has 0 rings (SSSR count). The van der Waals surface area contributed by atoms with Crippen molar-refractivity contribution >= 4 is 39.5 Å². The number of hydrogen-bond acceptors (Lipinski definition) is 15. The van der Waals surface area contributed by atoms with Crippen molar-refractivity contribution < 1.29 is 80.2 Å². The van der Waals surface area contributed by atoms with E-state index < -0.39 is 97.5 Å². The number of carbonyl (C=O) groups excluding carboxylic acids is 4. The number of ether oxygens (including phenoxy) is 4. The second kappa shape index (κ2) is 67.2. The normalized spacial score (nSPS) is 14.4. The van der Waals surface area contributed by atoms with Gasteiger partial charge in [-0.25, -0.2) is 9.13 Å². The molecule has 0 bridgehead atoms. The second-order valence-corrected chi connectivity index (χ2v) is 32.7. The van der Waals surface area contributed by atoms with E-state index in [1.54, 1.807) is 0 Å². The van der Waals surface area contributed by atoms with E-state index >= 15 is 0 Å². The molecule has 0 amide bonds. The number of unbranched alkanes of at least 4 members (excludes halogenated alkanes) is 40. The topological polar surface area (TPSA) is 237 Å². The highest BCUT2D eigenvalue weighted by Crippen LogP contribution is 2.45. The fourth-order valence-electron chi connectivity index (χ4n) is 11.9. The smallest absolute Gasteiger partial charge is 0.462 e. The van der Waals surface area contributed by atoms with Gasteiger partial charge in [-0.3, -0.25) is 37.3 Å². The lowest BCUT2D eigenvalue weighted by atomic mass is 9.99. The molecule has 0 aliphatic heterocycles. The Bertz CT molecular complexity index is 1900. The van der Waals surface area contributed by atoms with Crippen molar-refractivity contribution in [1.29, 1.82) is 0 Å². The van der Waals surface area contributed by atoms with Crippen LogP contribution in [0.2, 0.25) is 0 Å². The van der Waals surface area contributed by atoms with Crippen LogP contribution in [0.1, 0.15) is 396 Å². The van der Waals surface area contributed by atoms with Crippen LogP contribution in [-0.2, 0) is 65.4 Å². The van der Waals surface area contributed by atoms with Gasteiger partial charge in [0.1, 0.15) is 19.3 Å². The number of rotatable bonds is 75. The van der Waals surface area contributed by atoms with Crippen molar-refractivity contribution in [1.82, 2.24) is 0 Å². The SMILES string of the molecule is CCC(C)CCCCCCCCCCCCCCCCC(=O)O[C@H](COC(=O)CCCCCCCCCCCCCCC(C)C)COP(=O)(O)OC[C@@H](O)COP(=O)(O)OC[C@@H](COC(=O)CCCCCCCCC(C)C)OC(=O)CCCCCCCCCCCCCCC(C)C. The molecule has 0 aliphatic rings. The van der Waals surface area contributed by atoms with Crippen molar-refractivity contribution in [2.24, 2.45) is 23.7 Å². The summed E-state index contributed by atoms with van der Waals surface area (Å²) in [6.45, 7) is 14.2. The first-order valence-corrected chi connectivity index (χ1v) is 43.2. The minimum atomic E-state index is -4.96. The monoisotopic (exact) mass is 1420 g/mol. The van der Waals surface area contributed by atoms with Gasteiger partial charge in [-0.15, -0.1) is 0 Å². The third-order valence-corrected chi connectivity index (χ3v) is 20.3. The molecule has 0 spiro atoms. The number of phosphoric acid groups is 2. The minimum absolute atomic E-state index is 0.105. The summed E-state index contributed by atoms with van der Waals surface area (Å²) in [7, 11) is -9.92. The molecule has 97 heavy (non-hydrogen) atoms. The maximum atomic E-state index is 13.1. The highest BCUT2D eigenvalue weighted by molar-refractivity contribution is 7.47. The molecule has 0 saturated carbocycles. The minimum Gasteiger partial charge on any atom is -0.462 e. The molecule has 19 heteroatoms. The number of aliphatic hydroxyl groups is 1. The van der Waals surface area contributed by atoms with Gasteiger partial charge in [-0.2, -0.15) is 0 Å². The lowest BCUT2D eigenvalue weighted by Gasteiger charge is -2.21. The van der Waals surface area contributed by atoms with Gasteiger partial charge in [0, 0.05) is 25.7 Å². The summed E-state index contributed by atoms with van der Waals surface area (Å²) >= 11 is 0. The quantitative estimate of drug-likeness (QED) is 0.0222. The van der Waals surface area contributed by atoms with Crippen molar-refractivity contribution in [3.63, 3.8) is 0 Å². The average Bonchev–Trinajstić information content (AvgIpc) is 1.15. The van der Waals surface area contributed by atoms with Gasteiger partial charge in [-0.05, 0) is 49.4 Å². The predicted molar refractivity (Wildman–Crippen MR) is 395 cm³/mol. The first-order valence-electron chi connectivity index (χ1n) is 40.2. The van der Waals surface area contributed by atoms with Crippen molar-refractivity contribution in [3.05, 3.63) is 0 Å². The van der Waals surface area contributed by atoms with E-state index in [-0.39, 0.29) is 25.7 Å². The van der Waals surface area contributed by atoms with Gasteiger partial charge in [0.15, 0.2) is 12.2 Å². The van der Waals surface area contributed by atoms with Crippen LogP contribution in [0.5, 0.6) is 0 Å². The molecule has 17 nitrogen and oxygen atoms in total. The van der Waals surface area contributed by atoms with E-state index in [4.69, 9.17) is 37.0 Å². The molecular weight excluding hydrogens is 1270 g/mol. The Kier molecular flexibility index (Phi) is 65.9. The number of aliphatic hydroxyl groups excluding tert-OH is 1. The van der Waals surface area contributed by atoms with Crippen molar-refractivity contribution in [2.75, 3.05) is 39.6 Å².